The predicted octanol–water partition coefficient (Wildman–Crippen LogP) is -0.0406. The quantitative estimate of drug-likeness (QED) is 0.421. The summed E-state index contributed by atoms with van der Waals surface area (Å²) in [4.78, 5) is 0. The normalized spacial score (nSPS) is 10.0. The van der Waals surface area contributed by atoms with Gasteiger partial charge >= 0.3 is 18.9 Å². The van der Waals surface area contributed by atoms with Gasteiger partial charge in [-0.25, -0.2) is 0 Å². The van der Waals surface area contributed by atoms with E-state index in [0.717, 1.165) is 16.5 Å². The van der Waals surface area contributed by atoms with Crippen molar-refractivity contribution in [1.82, 2.24) is 0 Å². The van der Waals surface area contributed by atoms with E-state index in [-0.39, 0.29) is 18.9 Å². The van der Waals surface area contributed by atoms with Crippen LogP contribution in [0.4, 0.5) is 0 Å². The van der Waals surface area contributed by atoms with Crippen LogP contribution in [0.2, 0.25) is 0 Å². The van der Waals surface area contributed by atoms with Crippen molar-refractivity contribution < 1.29 is 23.3 Å². The van der Waals surface area contributed by atoms with E-state index in [1.807, 2.05) is 19.1 Å². The second-order valence-electron chi connectivity index (χ2n) is 3.01. The smallest absolute Gasteiger partial charge is 0.742 e. The molecule has 0 fully saturated rings. The van der Waals surface area contributed by atoms with E-state index in [0.29, 0.717) is 5.09 Å². The Bertz CT molecular complexity index is 434. The maximum atomic E-state index is 5.37. The van der Waals surface area contributed by atoms with Gasteiger partial charge in [-0.2, -0.15) is 0 Å². The summed E-state index contributed by atoms with van der Waals surface area (Å²) in [5.41, 5.74) is 3.20. The third-order valence-corrected chi connectivity index (χ3v) is 2.44. The van der Waals surface area contributed by atoms with Crippen LogP contribution in [0.15, 0.2) is 27.7 Å². The van der Waals surface area contributed by atoms with Crippen molar-refractivity contribution in [3.63, 3.8) is 0 Å². The summed E-state index contributed by atoms with van der Waals surface area (Å²) < 4.78 is 5.37. The van der Waals surface area contributed by atoms with Crippen LogP contribution in [0, 0.1) is 13.8 Å². The fraction of sp³-hybridized carbons (Fsp3) is 0.200. The molecule has 0 radical (unpaired) electrons. The molecule has 0 N–H and O–H groups in total. The molecule has 13 heavy (non-hydrogen) atoms. The SMILES string of the molecule is Cc1ccc2oc([S-])c(C)c2c1.[Li+]. The van der Waals surface area contributed by atoms with Gasteiger partial charge in [-0.05, 0) is 36.6 Å². The molecule has 0 bridgehead atoms. The first kappa shape index (κ1) is 10.7. The zero-order chi connectivity index (χ0) is 8.72. The van der Waals surface area contributed by atoms with E-state index in [4.69, 9.17) is 17.0 Å². The van der Waals surface area contributed by atoms with Crippen LogP contribution < -0.4 is 18.9 Å². The third kappa shape index (κ3) is 1.76. The summed E-state index contributed by atoms with van der Waals surface area (Å²) >= 11 is 5.03. The molecule has 0 atom stereocenters. The van der Waals surface area contributed by atoms with Gasteiger partial charge < -0.3 is 17.0 Å². The Kier molecular flexibility index (Phi) is 3.08. The fourth-order valence-corrected chi connectivity index (χ4v) is 1.51. The Balaban J connectivity index is 0.000000845. The maximum Gasteiger partial charge on any atom is 1.00 e. The molecule has 0 unspecified atom stereocenters. The number of aryl methyl sites for hydroxylation is 2. The average Bonchev–Trinajstić information content (AvgIpc) is 2.31. The Labute approximate surface area is 95.1 Å². The van der Waals surface area contributed by atoms with Gasteiger partial charge in [0.25, 0.3) is 0 Å². The Morgan fingerprint density at radius 3 is 2.62 bits per heavy atom. The molecule has 2 aromatic rings. The number of benzene rings is 1. The molecule has 0 spiro atoms. The average molecular weight is 184 g/mol. The standard InChI is InChI=1S/C10H10OS.Li/c1-6-3-4-9-8(5-6)7(2)10(12)11-9;/h3-5,12H,1-2H3;/q;+1/p-1. The van der Waals surface area contributed by atoms with Gasteiger partial charge in [0.2, 0.25) is 0 Å². The van der Waals surface area contributed by atoms with Crippen molar-refractivity contribution in [2.75, 3.05) is 0 Å². The van der Waals surface area contributed by atoms with Crippen LogP contribution in [0.3, 0.4) is 0 Å². The second-order valence-corrected chi connectivity index (χ2v) is 3.38. The van der Waals surface area contributed by atoms with Gasteiger partial charge in [-0.1, -0.05) is 11.6 Å². The Hall–Kier alpha value is -0.423. The monoisotopic (exact) mass is 184 g/mol. The van der Waals surface area contributed by atoms with Crippen LogP contribution in [-0.2, 0) is 12.6 Å². The zero-order valence-electron chi connectivity index (χ0n) is 8.05. The van der Waals surface area contributed by atoms with E-state index in [2.05, 4.69) is 13.0 Å². The summed E-state index contributed by atoms with van der Waals surface area (Å²) in [7, 11) is 0. The first-order valence-corrected chi connectivity index (χ1v) is 4.26. The third-order valence-electron chi connectivity index (χ3n) is 2.05. The van der Waals surface area contributed by atoms with Gasteiger partial charge in [0.1, 0.15) is 5.58 Å². The van der Waals surface area contributed by atoms with Crippen molar-refractivity contribution in [1.29, 1.82) is 0 Å². The van der Waals surface area contributed by atoms with Gasteiger partial charge in [0.05, 0.1) is 0 Å². The van der Waals surface area contributed by atoms with E-state index < -0.39 is 0 Å². The van der Waals surface area contributed by atoms with Crippen LogP contribution in [0.1, 0.15) is 11.1 Å². The molecule has 1 aromatic heterocycles. The minimum Gasteiger partial charge on any atom is -0.742 e. The van der Waals surface area contributed by atoms with E-state index in [1.54, 1.807) is 0 Å². The Morgan fingerprint density at radius 1 is 1.23 bits per heavy atom. The van der Waals surface area contributed by atoms with E-state index >= 15 is 0 Å². The molecule has 0 aliphatic rings. The largest absolute Gasteiger partial charge is 1.00 e. The molecule has 62 valence electrons. The summed E-state index contributed by atoms with van der Waals surface area (Å²) in [5, 5.41) is 1.75. The predicted molar refractivity (Wildman–Crippen MR) is 51.3 cm³/mol. The first-order chi connectivity index (χ1) is 5.68. The number of fused-ring (bicyclic) bond motifs is 1. The van der Waals surface area contributed by atoms with Crippen LogP contribution >= 0.6 is 0 Å². The van der Waals surface area contributed by atoms with Gasteiger partial charge in [-0.3, -0.25) is 0 Å². The van der Waals surface area contributed by atoms with E-state index in [9.17, 15) is 0 Å². The fourth-order valence-electron chi connectivity index (χ4n) is 1.31. The minimum absolute atomic E-state index is 0. The molecule has 1 nitrogen and oxygen atoms in total. The number of hydrogen-bond acceptors (Lipinski definition) is 2. The summed E-state index contributed by atoms with van der Waals surface area (Å²) in [6, 6.07) is 6.09. The summed E-state index contributed by atoms with van der Waals surface area (Å²) in [6.45, 7) is 4.06. The van der Waals surface area contributed by atoms with Crippen molar-refractivity contribution >= 4 is 23.6 Å². The van der Waals surface area contributed by atoms with Crippen LogP contribution in [0.5, 0.6) is 0 Å². The minimum atomic E-state index is 0. The molecule has 1 heterocycles. The molecule has 2 rings (SSSR count). The van der Waals surface area contributed by atoms with Crippen molar-refractivity contribution in [3.8, 4) is 0 Å². The number of furan rings is 1. The topological polar surface area (TPSA) is 13.1 Å². The van der Waals surface area contributed by atoms with Crippen LogP contribution in [-0.4, -0.2) is 0 Å². The zero-order valence-corrected chi connectivity index (χ0v) is 8.87. The molecular formula is C10H9LiOS. The van der Waals surface area contributed by atoms with Gasteiger partial charge in [0, 0.05) is 5.39 Å². The van der Waals surface area contributed by atoms with Crippen molar-refractivity contribution in [2.24, 2.45) is 0 Å². The summed E-state index contributed by atoms with van der Waals surface area (Å²) in [6.07, 6.45) is 0. The van der Waals surface area contributed by atoms with Gasteiger partial charge in [0.15, 0.2) is 0 Å². The number of rotatable bonds is 0. The molecule has 1 aromatic carbocycles. The molecule has 3 heteroatoms. The molecule has 0 aliphatic heterocycles. The first-order valence-electron chi connectivity index (χ1n) is 3.85. The molecule has 0 saturated carbocycles. The second kappa shape index (κ2) is 3.75. The van der Waals surface area contributed by atoms with E-state index in [1.165, 1.54) is 5.56 Å². The van der Waals surface area contributed by atoms with Crippen molar-refractivity contribution in [3.05, 3.63) is 29.3 Å². The van der Waals surface area contributed by atoms with Crippen molar-refractivity contribution in [2.45, 2.75) is 18.9 Å². The summed E-state index contributed by atoms with van der Waals surface area (Å²) in [5.74, 6) is 0. The maximum absolute atomic E-state index is 5.37. The molecule has 0 amide bonds. The Morgan fingerprint density at radius 2 is 1.92 bits per heavy atom. The van der Waals surface area contributed by atoms with Crippen LogP contribution in [0.25, 0.3) is 11.0 Å². The van der Waals surface area contributed by atoms with Gasteiger partial charge in [-0.15, -0.1) is 0 Å². The molecule has 0 aliphatic carbocycles. The molecular weight excluding hydrogens is 175 g/mol. The molecule has 0 saturated heterocycles. The number of hydrogen-bond donors (Lipinski definition) is 0.